The van der Waals surface area contributed by atoms with Gasteiger partial charge in [0.15, 0.2) is 0 Å². The van der Waals surface area contributed by atoms with E-state index >= 15 is 0 Å². The van der Waals surface area contributed by atoms with Crippen LogP contribution in [0.15, 0.2) is 18.2 Å². The largest absolute Gasteiger partial charge is 0.330 e. The van der Waals surface area contributed by atoms with Gasteiger partial charge in [0.1, 0.15) is 5.82 Å². The van der Waals surface area contributed by atoms with E-state index in [0.29, 0.717) is 30.1 Å². The first-order valence-electron chi connectivity index (χ1n) is 5.43. The number of rotatable bonds is 5. The van der Waals surface area contributed by atoms with E-state index in [9.17, 15) is 4.39 Å². The van der Waals surface area contributed by atoms with Crippen LogP contribution in [-0.2, 0) is 6.42 Å². The van der Waals surface area contributed by atoms with E-state index in [1.54, 1.807) is 12.1 Å². The molecule has 0 radical (unpaired) electrons. The molecule has 1 aromatic rings. The maximum atomic E-state index is 13.5. The van der Waals surface area contributed by atoms with Crippen molar-refractivity contribution in [3.05, 3.63) is 34.6 Å². The Morgan fingerprint density at radius 2 is 1.94 bits per heavy atom. The van der Waals surface area contributed by atoms with Crippen LogP contribution in [0.1, 0.15) is 12.5 Å². The van der Waals surface area contributed by atoms with Gasteiger partial charge in [-0.25, -0.2) is 4.39 Å². The van der Waals surface area contributed by atoms with Crippen LogP contribution in [0, 0.1) is 17.7 Å². The number of benzene rings is 1. The molecule has 1 aromatic carbocycles. The molecule has 16 heavy (non-hydrogen) atoms. The second-order valence-corrected chi connectivity index (χ2v) is 4.52. The Balaban J connectivity index is 2.80. The lowest BCUT2D eigenvalue weighted by Gasteiger charge is -2.21. The molecule has 0 saturated carbocycles. The summed E-state index contributed by atoms with van der Waals surface area (Å²) in [6.45, 7) is 3.06. The van der Waals surface area contributed by atoms with Gasteiger partial charge in [-0.2, -0.15) is 0 Å². The van der Waals surface area contributed by atoms with Crippen molar-refractivity contribution in [1.82, 2.24) is 0 Å². The number of halogens is 2. The molecular formula is C12H18ClFN2. The van der Waals surface area contributed by atoms with Gasteiger partial charge in [0, 0.05) is 10.6 Å². The van der Waals surface area contributed by atoms with Crippen molar-refractivity contribution < 1.29 is 4.39 Å². The first-order chi connectivity index (χ1) is 7.60. The zero-order valence-corrected chi connectivity index (χ0v) is 10.2. The highest BCUT2D eigenvalue weighted by molar-refractivity contribution is 6.31. The van der Waals surface area contributed by atoms with Crippen molar-refractivity contribution in [1.29, 1.82) is 0 Å². The molecule has 0 aliphatic rings. The third kappa shape index (κ3) is 3.17. The molecule has 0 aliphatic heterocycles. The summed E-state index contributed by atoms with van der Waals surface area (Å²) in [6, 6.07) is 4.73. The zero-order valence-electron chi connectivity index (χ0n) is 9.42. The van der Waals surface area contributed by atoms with Gasteiger partial charge in [-0.05, 0) is 43.5 Å². The zero-order chi connectivity index (χ0) is 12.1. The maximum absolute atomic E-state index is 13.5. The van der Waals surface area contributed by atoms with Crippen LogP contribution < -0.4 is 11.5 Å². The van der Waals surface area contributed by atoms with Gasteiger partial charge in [-0.1, -0.05) is 24.6 Å². The lowest BCUT2D eigenvalue weighted by atomic mass is 9.88. The van der Waals surface area contributed by atoms with Crippen LogP contribution >= 0.6 is 11.6 Å². The monoisotopic (exact) mass is 244 g/mol. The van der Waals surface area contributed by atoms with E-state index in [2.05, 4.69) is 0 Å². The summed E-state index contributed by atoms with van der Waals surface area (Å²) in [5.74, 6) is 0.173. The molecule has 2 nitrogen and oxygen atoms in total. The first-order valence-corrected chi connectivity index (χ1v) is 5.81. The maximum Gasteiger partial charge on any atom is 0.127 e. The highest BCUT2D eigenvalue weighted by Gasteiger charge is 2.17. The lowest BCUT2D eigenvalue weighted by Crippen LogP contribution is -2.30. The highest BCUT2D eigenvalue weighted by Crippen LogP contribution is 2.24. The van der Waals surface area contributed by atoms with E-state index in [1.165, 1.54) is 6.07 Å². The fourth-order valence-electron chi connectivity index (χ4n) is 1.78. The van der Waals surface area contributed by atoms with Crippen molar-refractivity contribution in [3.63, 3.8) is 0 Å². The van der Waals surface area contributed by atoms with Gasteiger partial charge in [-0.3, -0.25) is 0 Å². The van der Waals surface area contributed by atoms with E-state index in [0.717, 1.165) is 0 Å². The fraction of sp³-hybridized carbons (Fsp3) is 0.500. The minimum Gasteiger partial charge on any atom is -0.330 e. The first kappa shape index (κ1) is 13.4. The van der Waals surface area contributed by atoms with E-state index in [4.69, 9.17) is 23.1 Å². The van der Waals surface area contributed by atoms with Crippen LogP contribution in [0.25, 0.3) is 0 Å². The summed E-state index contributed by atoms with van der Waals surface area (Å²) in [5.41, 5.74) is 11.8. The van der Waals surface area contributed by atoms with E-state index in [-0.39, 0.29) is 17.7 Å². The van der Waals surface area contributed by atoms with Crippen molar-refractivity contribution in [3.8, 4) is 0 Å². The summed E-state index contributed by atoms with van der Waals surface area (Å²) in [5, 5.41) is 0.472. The molecule has 0 aliphatic carbocycles. The van der Waals surface area contributed by atoms with E-state index < -0.39 is 0 Å². The molecule has 0 fully saturated rings. The van der Waals surface area contributed by atoms with Crippen molar-refractivity contribution >= 4 is 11.6 Å². The molecule has 0 amide bonds. The van der Waals surface area contributed by atoms with Crippen LogP contribution in [0.4, 0.5) is 4.39 Å². The topological polar surface area (TPSA) is 52.0 Å². The summed E-state index contributed by atoms with van der Waals surface area (Å²) < 4.78 is 13.5. The quantitative estimate of drug-likeness (QED) is 0.834. The minimum absolute atomic E-state index is 0.204. The van der Waals surface area contributed by atoms with Crippen molar-refractivity contribution in [2.75, 3.05) is 13.1 Å². The molecule has 1 atom stereocenters. The van der Waals surface area contributed by atoms with E-state index in [1.807, 2.05) is 6.92 Å². The van der Waals surface area contributed by atoms with Gasteiger partial charge >= 0.3 is 0 Å². The fourth-order valence-corrected chi connectivity index (χ4v) is 2.02. The van der Waals surface area contributed by atoms with Crippen LogP contribution in [0.5, 0.6) is 0 Å². The van der Waals surface area contributed by atoms with Gasteiger partial charge in [0.25, 0.3) is 0 Å². The molecule has 0 saturated heterocycles. The smallest absolute Gasteiger partial charge is 0.127 e. The molecule has 90 valence electrons. The van der Waals surface area contributed by atoms with Gasteiger partial charge in [-0.15, -0.1) is 0 Å². The molecule has 0 bridgehead atoms. The third-order valence-corrected chi connectivity index (χ3v) is 3.35. The second-order valence-electron chi connectivity index (χ2n) is 4.11. The third-order valence-electron chi connectivity index (χ3n) is 3.00. The van der Waals surface area contributed by atoms with Gasteiger partial charge in [0.2, 0.25) is 0 Å². The number of hydrogen-bond acceptors (Lipinski definition) is 2. The molecule has 4 heteroatoms. The standard InChI is InChI=1S/C12H18ClFN2/c1-8(9(6-15)7-16)5-10-11(13)3-2-4-12(10)14/h2-4,8-9H,5-7,15-16H2,1H3. The Morgan fingerprint density at radius 3 is 2.44 bits per heavy atom. The summed E-state index contributed by atoms with van der Waals surface area (Å²) in [4.78, 5) is 0. The number of nitrogens with two attached hydrogens (primary N) is 2. The molecule has 1 unspecified atom stereocenters. The second kappa shape index (κ2) is 6.18. The molecule has 0 heterocycles. The molecule has 0 spiro atoms. The lowest BCUT2D eigenvalue weighted by molar-refractivity contribution is 0.368. The van der Waals surface area contributed by atoms with Crippen molar-refractivity contribution in [2.24, 2.45) is 23.3 Å². The Labute approximate surface area is 101 Å². The van der Waals surface area contributed by atoms with Gasteiger partial charge in [0.05, 0.1) is 0 Å². The average Bonchev–Trinajstić information content (AvgIpc) is 2.25. The predicted molar refractivity (Wildman–Crippen MR) is 65.9 cm³/mol. The average molecular weight is 245 g/mol. The Morgan fingerprint density at radius 1 is 1.31 bits per heavy atom. The molecule has 0 aromatic heterocycles. The van der Waals surface area contributed by atoms with Crippen LogP contribution in [0.3, 0.4) is 0 Å². The summed E-state index contributed by atoms with van der Waals surface area (Å²) in [6.07, 6.45) is 0.574. The predicted octanol–water partition coefficient (Wildman–Crippen LogP) is 2.19. The molecular weight excluding hydrogens is 227 g/mol. The van der Waals surface area contributed by atoms with Crippen molar-refractivity contribution in [2.45, 2.75) is 13.3 Å². The Kier molecular flexibility index (Phi) is 5.19. The SMILES string of the molecule is CC(Cc1c(F)cccc1Cl)C(CN)CN. The summed E-state index contributed by atoms with van der Waals surface area (Å²) in [7, 11) is 0. The van der Waals surface area contributed by atoms with Crippen LogP contribution in [0.2, 0.25) is 5.02 Å². The normalized spacial score (nSPS) is 13.1. The summed E-state index contributed by atoms with van der Waals surface area (Å²) >= 11 is 5.96. The molecule has 4 N–H and O–H groups in total. The Bertz CT molecular complexity index is 320. The number of hydrogen-bond donors (Lipinski definition) is 2. The Hall–Kier alpha value is -0.640. The van der Waals surface area contributed by atoms with Crippen LogP contribution in [-0.4, -0.2) is 13.1 Å². The van der Waals surface area contributed by atoms with Gasteiger partial charge < -0.3 is 11.5 Å². The molecule has 1 rings (SSSR count). The minimum atomic E-state index is -0.257. The highest BCUT2D eigenvalue weighted by atomic mass is 35.5.